The van der Waals surface area contributed by atoms with Crippen LogP contribution < -0.4 is 15.9 Å². The molecule has 0 aliphatic heterocycles. The molecule has 2 aromatic heterocycles. The first-order valence-electron chi connectivity index (χ1n) is 6.47. The highest BCUT2D eigenvalue weighted by Crippen LogP contribution is 2.27. The van der Waals surface area contributed by atoms with Crippen LogP contribution in [0, 0.1) is 10.1 Å². The second-order valence-electron chi connectivity index (χ2n) is 4.58. The van der Waals surface area contributed by atoms with Gasteiger partial charge in [0.1, 0.15) is 0 Å². The van der Waals surface area contributed by atoms with E-state index in [-0.39, 0.29) is 17.0 Å². The molecular formula is C14H10N4O5. The van der Waals surface area contributed by atoms with Crippen LogP contribution in [0.5, 0.6) is 5.88 Å². The van der Waals surface area contributed by atoms with Crippen LogP contribution in [0.15, 0.2) is 46.0 Å². The highest BCUT2D eigenvalue weighted by atomic mass is 16.6. The number of aromatic amines is 1. The van der Waals surface area contributed by atoms with Crippen LogP contribution in [0.25, 0.3) is 16.9 Å². The first kappa shape index (κ1) is 14.4. The number of rotatable bonds is 3. The summed E-state index contributed by atoms with van der Waals surface area (Å²) in [6.07, 6.45) is 0. The van der Waals surface area contributed by atoms with E-state index in [1.165, 1.54) is 7.11 Å². The number of nitrogens with zero attached hydrogens (tertiary/aromatic N) is 3. The summed E-state index contributed by atoms with van der Waals surface area (Å²) >= 11 is 0. The molecule has 3 aromatic rings. The molecule has 0 aliphatic carbocycles. The van der Waals surface area contributed by atoms with E-state index in [9.17, 15) is 19.7 Å². The lowest BCUT2D eigenvalue weighted by Crippen LogP contribution is -2.35. The number of hydrogen-bond acceptors (Lipinski definition) is 6. The Labute approximate surface area is 127 Å². The first-order valence-corrected chi connectivity index (χ1v) is 6.47. The van der Waals surface area contributed by atoms with Crippen LogP contribution in [0.2, 0.25) is 0 Å². The summed E-state index contributed by atoms with van der Waals surface area (Å²) < 4.78 is 6.00. The Kier molecular flexibility index (Phi) is 3.37. The Hall–Kier alpha value is -3.49. The molecule has 0 saturated heterocycles. The van der Waals surface area contributed by atoms with E-state index >= 15 is 0 Å². The fourth-order valence-electron chi connectivity index (χ4n) is 2.21. The number of pyridine rings is 1. The fourth-order valence-corrected chi connectivity index (χ4v) is 2.21. The molecule has 9 heteroatoms. The molecule has 0 spiro atoms. The van der Waals surface area contributed by atoms with E-state index in [2.05, 4.69) is 9.97 Å². The second-order valence-corrected chi connectivity index (χ2v) is 4.58. The summed E-state index contributed by atoms with van der Waals surface area (Å²) in [6.45, 7) is 0. The number of para-hydroxylation sites is 1. The maximum atomic E-state index is 12.2. The number of nitrogens with one attached hydrogen (secondary N) is 1. The van der Waals surface area contributed by atoms with Crippen LogP contribution in [-0.4, -0.2) is 26.6 Å². The summed E-state index contributed by atoms with van der Waals surface area (Å²) in [5, 5.41) is 11.1. The predicted molar refractivity (Wildman–Crippen MR) is 81.2 cm³/mol. The number of hydrogen-bond donors (Lipinski definition) is 1. The van der Waals surface area contributed by atoms with Crippen LogP contribution >= 0.6 is 0 Å². The van der Waals surface area contributed by atoms with E-state index in [1.54, 1.807) is 30.3 Å². The lowest BCUT2D eigenvalue weighted by atomic mass is 10.3. The van der Waals surface area contributed by atoms with E-state index in [4.69, 9.17) is 4.74 Å². The van der Waals surface area contributed by atoms with Crippen LogP contribution in [0.4, 0.5) is 5.69 Å². The van der Waals surface area contributed by atoms with Gasteiger partial charge in [0.05, 0.1) is 23.2 Å². The molecule has 23 heavy (non-hydrogen) atoms. The molecule has 1 aromatic carbocycles. The average Bonchev–Trinajstić information content (AvgIpc) is 2.55. The van der Waals surface area contributed by atoms with Crippen LogP contribution in [0.1, 0.15) is 0 Å². The van der Waals surface area contributed by atoms with E-state index < -0.39 is 21.7 Å². The minimum atomic E-state index is -0.900. The Morgan fingerprint density at radius 3 is 2.57 bits per heavy atom. The first-order chi connectivity index (χ1) is 11.0. The average molecular weight is 314 g/mol. The Morgan fingerprint density at radius 1 is 1.26 bits per heavy atom. The van der Waals surface area contributed by atoms with Gasteiger partial charge in [-0.1, -0.05) is 18.2 Å². The third-order valence-corrected chi connectivity index (χ3v) is 3.21. The van der Waals surface area contributed by atoms with Gasteiger partial charge in [-0.2, -0.15) is 4.98 Å². The third-order valence-electron chi connectivity index (χ3n) is 3.21. The number of methoxy groups -OCH3 is 1. The normalized spacial score (nSPS) is 10.7. The van der Waals surface area contributed by atoms with Crippen molar-refractivity contribution in [1.29, 1.82) is 0 Å². The summed E-state index contributed by atoms with van der Waals surface area (Å²) in [5.41, 5.74) is -1.62. The molecule has 0 atom stereocenters. The standard InChI is InChI=1S/C14H10N4O5/c1-23-13-10(18(21)22)7-9-11(16-13)17(14(20)12(19)15-9)8-5-3-2-4-6-8/h2-7H,1H3,(H,15,19). The monoisotopic (exact) mass is 314 g/mol. The molecule has 3 rings (SSSR count). The van der Waals surface area contributed by atoms with Gasteiger partial charge in [-0.3, -0.25) is 24.3 Å². The molecule has 1 N–H and O–H groups in total. The topological polar surface area (TPSA) is 120 Å². The van der Waals surface area contributed by atoms with Crippen molar-refractivity contribution in [1.82, 2.24) is 14.5 Å². The van der Waals surface area contributed by atoms with E-state index in [1.807, 2.05) is 0 Å². The minimum absolute atomic E-state index is 0.0586. The number of nitro groups is 1. The molecule has 0 bridgehead atoms. The van der Waals surface area contributed by atoms with Crippen molar-refractivity contribution in [3.63, 3.8) is 0 Å². The van der Waals surface area contributed by atoms with Gasteiger partial charge in [0, 0.05) is 6.07 Å². The number of H-pyrrole nitrogens is 1. The zero-order chi connectivity index (χ0) is 16.6. The van der Waals surface area contributed by atoms with Gasteiger partial charge in [0.25, 0.3) is 5.88 Å². The SMILES string of the molecule is COc1nc2c(cc1[N+](=O)[O-])[nH]c(=O)c(=O)n2-c1ccccc1. The van der Waals surface area contributed by atoms with Crippen LogP contribution in [-0.2, 0) is 0 Å². The lowest BCUT2D eigenvalue weighted by Gasteiger charge is -2.10. The maximum absolute atomic E-state index is 12.2. The Bertz CT molecular complexity index is 1020. The van der Waals surface area contributed by atoms with Crippen molar-refractivity contribution in [2.24, 2.45) is 0 Å². The van der Waals surface area contributed by atoms with E-state index in [0.717, 1.165) is 10.6 Å². The molecule has 116 valence electrons. The number of fused-ring (bicyclic) bond motifs is 1. The number of aromatic nitrogens is 3. The largest absolute Gasteiger partial charge is 0.476 e. The number of benzene rings is 1. The van der Waals surface area contributed by atoms with E-state index in [0.29, 0.717) is 5.69 Å². The van der Waals surface area contributed by atoms with Gasteiger partial charge >= 0.3 is 16.8 Å². The van der Waals surface area contributed by atoms with Gasteiger partial charge in [0.15, 0.2) is 5.65 Å². The zero-order valence-electron chi connectivity index (χ0n) is 11.8. The van der Waals surface area contributed by atoms with Gasteiger partial charge in [-0.05, 0) is 12.1 Å². The van der Waals surface area contributed by atoms with Crippen molar-refractivity contribution in [2.45, 2.75) is 0 Å². The van der Waals surface area contributed by atoms with Crippen molar-refractivity contribution in [3.05, 3.63) is 67.2 Å². The molecule has 0 saturated carbocycles. The predicted octanol–water partition coefficient (Wildman–Crippen LogP) is 0.991. The van der Waals surface area contributed by atoms with Gasteiger partial charge in [-0.15, -0.1) is 0 Å². The molecule has 0 radical (unpaired) electrons. The van der Waals surface area contributed by atoms with Crippen LogP contribution in [0.3, 0.4) is 0 Å². The fraction of sp³-hybridized carbons (Fsp3) is 0.0714. The minimum Gasteiger partial charge on any atom is -0.476 e. The zero-order valence-corrected chi connectivity index (χ0v) is 11.8. The highest BCUT2D eigenvalue weighted by molar-refractivity contribution is 5.76. The molecule has 0 unspecified atom stereocenters. The number of ether oxygens (including phenoxy) is 1. The smallest absolute Gasteiger partial charge is 0.333 e. The quantitative estimate of drug-likeness (QED) is 0.437. The van der Waals surface area contributed by atoms with Crippen molar-refractivity contribution >= 4 is 16.9 Å². The molecular weight excluding hydrogens is 304 g/mol. The Balaban J connectivity index is 2.48. The summed E-state index contributed by atoms with van der Waals surface area (Å²) in [5.74, 6) is -0.251. The molecule has 0 aliphatic rings. The van der Waals surface area contributed by atoms with Crippen molar-refractivity contribution in [3.8, 4) is 11.6 Å². The highest BCUT2D eigenvalue weighted by Gasteiger charge is 2.21. The molecule has 0 fully saturated rings. The summed E-state index contributed by atoms with van der Waals surface area (Å²) in [7, 11) is 1.23. The third kappa shape index (κ3) is 2.33. The van der Waals surface area contributed by atoms with Crippen molar-refractivity contribution in [2.75, 3.05) is 7.11 Å². The maximum Gasteiger partial charge on any atom is 0.333 e. The molecule has 0 amide bonds. The summed E-state index contributed by atoms with van der Waals surface area (Å²) in [6, 6.07) is 9.49. The second kappa shape index (κ2) is 5.37. The van der Waals surface area contributed by atoms with Gasteiger partial charge in [-0.25, -0.2) is 0 Å². The lowest BCUT2D eigenvalue weighted by molar-refractivity contribution is -0.386. The Morgan fingerprint density at radius 2 is 1.96 bits per heavy atom. The van der Waals surface area contributed by atoms with Gasteiger partial charge in [0.2, 0.25) is 0 Å². The van der Waals surface area contributed by atoms with Gasteiger partial charge < -0.3 is 9.72 Å². The van der Waals surface area contributed by atoms with Crippen molar-refractivity contribution < 1.29 is 9.66 Å². The summed E-state index contributed by atoms with van der Waals surface area (Å²) in [4.78, 5) is 40.8. The molecule has 9 nitrogen and oxygen atoms in total. The molecule has 2 heterocycles.